The largest absolute Gasteiger partial charge is 0.392 e. The second-order valence-electron chi connectivity index (χ2n) is 4.92. The lowest BCUT2D eigenvalue weighted by Gasteiger charge is -2.20. The number of nitrogens with zero attached hydrogens (tertiary/aromatic N) is 2. The molecule has 0 aliphatic carbocycles. The lowest BCUT2D eigenvalue weighted by molar-refractivity contribution is -0.121. The number of amides is 1. The highest BCUT2D eigenvalue weighted by molar-refractivity contribution is 7.80. The molecule has 1 amide bonds. The zero-order valence-electron chi connectivity index (χ0n) is 11.8. The minimum atomic E-state index is -0.605. The Morgan fingerprint density at radius 3 is 2.71 bits per heavy atom. The van der Waals surface area contributed by atoms with E-state index in [0.29, 0.717) is 6.54 Å². The number of hydrogen-bond donors (Lipinski definition) is 2. The Bertz CT molecular complexity index is 597. The smallest absolute Gasteiger partial charge is 0.234 e. The maximum Gasteiger partial charge on any atom is 0.234 e. The van der Waals surface area contributed by atoms with E-state index in [2.05, 4.69) is 10.3 Å². The molecular formula is C15H18N4OS. The first-order valence-electron chi connectivity index (χ1n) is 6.68. The lowest BCUT2D eigenvalue weighted by atomic mass is 9.98. The van der Waals surface area contributed by atoms with E-state index in [0.717, 1.165) is 5.56 Å². The molecule has 2 rings (SSSR count). The van der Waals surface area contributed by atoms with Crippen LogP contribution in [0.15, 0.2) is 49.1 Å². The highest BCUT2D eigenvalue weighted by Crippen LogP contribution is 2.16. The van der Waals surface area contributed by atoms with Crippen LogP contribution >= 0.6 is 12.2 Å². The van der Waals surface area contributed by atoms with Crippen LogP contribution in [-0.2, 0) is 11.3 Å². The van der Waals surface area contributed by atoms with Gasteiger partial charge in [-0.25, -0.2) is 4.98 Å². The molecule has 1 aromatic carbocycles. The molecule has 110 valence electrons. The molecule has 0 fully saturated rings. The van der Waals surface area contributed by atoms with Gasteiger partial charge in [-0.15, -0.1) is 0 Å². The van der Waals surface area contributed by atoms with Gasteiger partial charge in [0.25, 0.3) is 0 Å². The Balaban J connectivity index is 2.04. The van der Waals surface area contributed by atoms with E-state index in [1.54, 1.807) is 12.5 Å². The molecule has 2 atom stereocenters. The third kappa shape index (κ3) is 4.13. The van der Waals surface area contributed by atoms with Crippen molar-refractivity contribution in [2.24, 2.45) is 5.73 Å². The Hall–Kier alpha value is -2.21. The number of nitrogens with one attached hydrogen (secondary N) is 1. The minimum Gasteiger partial charge on any atom is -0.392 e. The highest BCUT2D eigenvalue weighted by Gasteiger charge is 2.24. The van der Waals surface area contributed by atoms with Gasteiger partial charge in [0, 0.05) is 25.0 Å². The summed E-state index contributed by atoms with van der Waals surface area (Å²) in [5.74, 6) is -0.784. The van der Waals surface area contributed by atoms with Gasteiger partial charge >= 0.3 is 0 Å². The van der Waals surface area contributed by atoms with Gasteiger partial charge in [-0.3, -0.25) is 4.79 Å². The predicted octanol–water partition coefficient (Wildman–Crippen LogP) is 1.46. The van der Waals surface area contributed by atoms with Gasteiger partial charge in [0.2, 0.25) is 5.91 Å². The predicted molar refractivity (Wildman–Crippen MR) is 85.8 cm³/mol. The number of imidazole rings is 1. The number of thiocarbonyl (C=S) groups is 1. The second kappa shape index (κ2) is 6.99. The fourth-order valence-electron chi connectivity index (χ4n) is 2.17. The van der Waals surface area contributed by atoms with Crippen LogP contribution in [0.1, 0.15) is 18.4 Å². The van der Waals surface area contributed by atoms with Crippen LogP contribution in [0.3, 0.4) is 0 Å². The molecule has 0 aliphatic heterocycles. The first kappa shape index (κ1) is 15.2. The molecule has 0 saturated carbocycles. The molecule has 0 spiro atoms. The molecule has 0 saturated heterocycles. The summed E-state index contributed by atoms with van der Waals surface area (Å²) in [5, 5.41) is 2.94. The molecule has 1 aromatic heterocycles. The van der Waals surface area contributed by atoms with Gasteiger partial charge in [-0.2, -0.15) is 0 Å². The van der Waals surface area contributed by atoms with Crippen molar-refractivity contribution in [2.75, 3.05) is 0 Å². The molecule has 0 radical (unpaired) electrons. The number of benzene rings is 1. The molecule has 2 aromatic rings. The van der Waals surface area contributed by atoms with Gasteiger partial charge in [-0.05, 0) is 12.5 Å². The third-order valence-corrected chi connectivity index (χ3v) is 3.35. The van der Waals surface area contributed by atoms with E-state index in [9.17, 15) is 4.79 Å². The molecular weight excluding hydrogens is 284 g/mol. The average molecular weight is 302 g/mol. The fraction of sp³-hybridized carbons (Fsp3) is 0.267. The quantitative estimate of drug-likeness (QED) is 0.792. The van der Waals surface area contributed by atoms with E-state index in [4.69, 9.17) is 18.0 Å². The summed E-state index contributed by atoms with van der Waals surface area (Å²) in [6.45, 7) is 2.57. The zero-order chi connectivity index (χ0) is 15.2. The van der Waals surface area contributed by atoms with Crippen LogP contribution in [0, 0.1) is 0 Å². The molecule has 5 nitrogen and oxygen atoms in total. The molecule has 6 heteroatoms. The van der Waals surface area contributed by atoms with Gasteiger partial charge in [-0.1, -0.05) is 42.5 Å². The SMILES string of the molecule is CC(Cn1ccnc1)NC(=O)C(C(N)=S)c1ccccc1. The van der Waals surface area contributed by atoms with E-state index >= 15 is 0 Å². The van der Waals surface area contributed by atoms with Crippen LogP contribution in [-0.4, -0.2) is 26.5 Å². The van der Waals surface area contributed by atoms with Crippen molar-refractivity contribution in [1.29, 1.82) is 0 Å². The van der Waals surface area contributed by atoms with E-state index in [-0.39, 0.29) is 16.9 Å². The fourth-order valence-corrected chi connectivity index (χ4v) is 2.42. The Morgan fingerprint density at radius 2 is 2.14 bits per heavy atom. The molecule has 1 heterocycles. The summed E-state index contributed by atoms with van der Waals surface area (Å²) in [5.41, 5.74) is 6.54. The topological polar surface area (TPSA) is 72.9 Å². The second-order valence-corrected chi connectivity index (χ2v) is 5.39. The van der Waals surface area contributed by atoms with E-state index in [1.807, 2.05) is 48.0 Å². The minimum absolute atomic E-state index is 0.0488. The number of carbonyl (C=O) groups is 1. The normalized spacial score (nSPS) is 13.4. The number of carbonyl (C=O) groups excluding carboxylic acids is 1. The Labute approximate surface area is 129 Å². The third-order valence-electron chi connectivity index (χ3n) is 3.11. The van der Waals surface area contributed by atoms with Crippen LogP contribution in [0.4, 0.5) is 0 Å². The van der Waals surface area contributed by atoms with Crippen LogP contribution < -0.4 is 11.1 Å². The van der Waals surface area contributed by atoms with Gasteiger partial charge in [0.15, 0.2) is 0 Å². The van der Waals surface area contributed by atoms with E-state index in [1.165, 1.54) is 0 Å². The molecule has 21 heavy (non-hydrogen) atoms. The van der Waals surface area contributed by atoms with Crippen molar-refractivity contribution in [1.82, 2.24) is 14.9 Å². The number of nitrogens with two attached hydrogens (primary N) is 1. The summed E-state index contributed by atoms with van der Waals surface area (Å²) >= 11 is 5.05. The van der Waals surface area contributed by atoms with Gasteiger partial charge in [0.1, 0.15) is 5.92 Å². The molecule has 0 aliphatic rings. The standard InChI is InChI=1S/C15H18N4OS/c1-11(9-19-8-7-17-10-19)18-15(20)13(14(16)21)12-5-3-2-4-6-12/h2-8,10-11,13H,9H2,1H3,(H2,16,21)(H,18,20). The molecule has 3 N–H and O–H groups in total. The summed E-state index contributed by atoms with van der Waals surface area (Å²) < 4.78 is 1.91. The van der Waals surface area contributed by atoms with Gasteiger partial charge < -0.3 is 15.6 Å². The monoisotopic (exact) mass is 302 g/mol. The van der Waals surface area contributed by atoms with Crippen LogP contribution in [0.2, 0.25) is 0 Å². The van der Waals surface area contributed by atoms with Crippen molar-refractivity contribution in [3.63, 3.8) is 0 Å². The van der Waals surface area contributed by atoms with Crippen molar-refractivity contribution >= 4 is 23.1 Å². The summed E-state index contributed by atoms with van der Waals surface area (Å²) in [7, 11) is 0. The zero-order valence-corrected chi connectivity index (χ0v) is 12.6. The maximum atomic E-state index is 12.4. The number of rotatable bonds is 6. The molecule has 0 bridgehead atoms. The Kier molecular flexibility index (Phi) is 5.05. The van der Waals surface area contributed by atoms with Crippen molar-refractivity contribution < 1.29 is 4.79 Å². The van der Waals surface area contributed by atoms with Crippen molar-refractivity contribution in [3.8, 4) is 0 Å². The lowest BCUT2D eigenvalue weighted by Crippen LogP contribution is -2.42. The first-order chi connectivity index (χ1) is 10.1. The Morgan fingerprint density at radius 1 is 1.43 bits per heavy atom. The summed E-state index contributed by atoms with van der Waals surface area (Å²) in [4.78, 5) is 16.6. The van der Waals surface area contributed by atoms with Crippen LogP contribution in [0.25, 0.3) is 0 Å². The van der Waals surface area contributed by atoms with Gasteiger partial charge in [0.05, 0.1) is 11.3 Å². The average Bonchev–Trinajstić information content (AvgIpc) is 2.92. The highest BCUT2D eigenvalue weighted by atomic mass is 32.1. The molecule has 2 unspecified atom stereocenters. The summed E-state index contributed by atoms with van der Waals surface area (Å²) in [6.07, 6.45) is 5.27. The van der Waals surface area contributed by atoms with E-state index < -0.39 is 5.92 Å². The number of aromatic nitrogens is 2. The maximum absolute atomic E-state index is 12.4. The summed E-state index contributed by atoms with van der Waals surface area (Å²) in [6, 6.07) is 9.27. The van der Waals surface area contributed by atoms with Crippen molar-refractivity contribution in [3.05, 3.63) is 54.6 Å². The van der Waals surface area contributed by atoms with Crippen molar-refractivity contribution in [2.45, 2.75) is 25.4 Å². The van der Waals surface area contributed by atoms with Crippen LogP contribution in [0.5, 0.6) is 0 Å². The first-order valence-corrected chi connectivity index (χ1v) is 7.09. The number of hydrogen-bond acceptors (Lipinski definition) is 3.